The Morgan fingerprint density at radius 2 is 1.78 bits per heavy atom. The van der Waals surface area contributed by atoms with Crippen molar-refractivity contribution in [3.63, 3.8) is 0 Å². The minimum atomic E-state index is 0.595. The summed E-state index contributed by atoms with van der Waals surface area (Å²) in [7, 11) is 0. The summed E-state index contributed by atoms with van der Waals surface area (Å²) in [5, 5.41) is 0. The van der Waals surface area contributed by atoms with Gasteiger partial charge in [-0.2, -0.15) is 0 Å². The van der Waals surface area contributed by atoms with E-state index in [-0.39, 0.29) is 0 Å². The maximum atomic E-state index is 5.48. The lowest BCUT2D eigenvalue weighted by molar-refractivity contribution is 0.476. The first-order valence-electron chi connectivity index (χ1n) is 3.77. The van der Waals surface area contributed by atoms with E-state index in [9.17, 15) is 0 Å². The molecule has 1 aliphatic rings. The molecule has 9 heavy (non-hydrogen) atoms. The average Bonchev–Trinajstić information content (AvgIpc) is 2.66. The molecule has 0 aromatic carbocycles. The number of nitrogens with two attached hydrogens (primary N) is 2. The molecule has 0 heterocycles. The van der Waals surface area contributed by atoms with Crippen LogP contribution >= 0.6 is 0 Å². The van der Waals surface area contributed by atoms with Crippen LogP contribution in [0.1, 0.15) is 19.3 Å². The topological polar surface area (TPSA) is 52.0 Å². The van der Waals surface area contributed by atoms with Crippen LogP contribution in [0.2, 0.25) is 0 Å². The van der Waals surface area contributed by atoms with Gasteiger partial charge in [0.1, 0.15) is 0 Å². The Bertz CT molecular complexity index is 75.0. The summed E-state index contributed by atoms with van der Waals surface area (Å²) < 4.78 is 0. The zero-order chi connectivity index (χ0) is 6.69. The number of hydrogen-bond donors (Lipinski definition) is 2. The summed E-state index contributed by atoms with van der Waals surface area (Å²) in [6.07, 6.45) is 4.10. The lowest BCUT2D eigenvalue weighted by Gasteiger charge is -2.09. The molecular formula is C7H16N2. The Hall–Kier alpha value is -0.0800. The van der Waals surface area contributed by atoms with Crippen molar-refractivity contribution in [3.05, 3.63) is 0 Å². The van der Waals surface area contributed by atoms with Gasteiger partial charge < -0.3 is 11.5 Å². The molecule has 0 aromatic rings. The van der Waals surface area contributed by atoms with E-state index in [0.717, 1.165) is 19.0 Å². The summed E-state index contributed by atoms with van der Waals surface area (Å²) >= 11 is 0. The van der Waals surface area contributed by atoms with Crippen molar-refractivity contribution in [2.75, 3.05) is 13.1 Å². The molecule has 0 aliphatic heterocycles. The second kappa shape index (κ2) is 3.18. The molecule has 4 N–H and O–H groups in total. The molecule has 0 unspecified atom stereocenters. The summed E-state index contributed by atoms with van der Waals surface area (Å²) in [6.45, 7) is 1.54. The highest BCUT2D eigenvalue weighted by Gasteiger charge is 2.23. The van der Waals surface area contributed by atoms with E-state index in [1.165, 1.54) is 19.3 Å². The first-order valence-corrected chi connectivity index (χ1v) is 3.77. The van der Waals surface area contributed by atoms with Gasteiger partial charge in [-0.1, -0.05) is 12.8 Å². The SMILES string of the molecule is NCC(CN)CC1CC1. The van der Waals surface area contributed by atoms with Crippen molar-refractivity contribution >= 4 is 0 Å². The highest BCUT2D eigenvalue weighted by atomic mass is 14.6. The summed E-state index contributed by atoms with van der Waals surface area (Å²) in [5.74, 6) is 1.57. The van der Waals surface area contributed by atoms with Crippen molar-refractivity contribution in [2.24, 2.45) is 23.3 Å². The van der Waals surface area contributed by atoms with Gasteiger partial charge in [0.15, 0.2) is 0 Å². The van der Waals surface area contributed by atoms with Gasteiger partial charge in [-0.05, 0) is 31.3 Å². The van der Waals surface area contributed by atoms with Gasteiger partial charge in [-0.3, -0.25) is 0 Å². The van der Waals surface area contributed by atoms with Gasteiger partial charge >= 0.3 is 0 Å². The fraction of sp³-hybridized carbons (Fsp3) is 1.00. The number of rotatable bonds is 4. The minimum absolute atomic E-state index is 0.595. The van der Waals surface area contributed by atoms with Crippen LogP contribution in [-0.2, 0) is 0 Å². The van der Waals surface area contributed by atoms with Crippen molar-refractivity contribution < 1.29 is 0 Å². The third-order valence-corrected chi connectivity index (χ3v) is 2.03. The molecule has 1 fully saturated rings. The van der Waals surface area contributed by atoms with Gasteiger partial charge in [-0.15, -0.1) is 0 Å². The second-order valence-corrected chi connectivity index (χ2v) is 3.02. The maximum absolute atomic E-state index is 5.48. The van der Waals surface area contributed by atoms with E-state index in [0.29, 0.717) is 5.92 Å². The molecule has 1 saturated carbocycles. The van der Waals surface area contributed by atoms with E-state index in [2.05, 4.69) is 0 Å². The summed E-state index contributed by atoms with van der Waals surface area (Å²) in [4.78, 5) is 0. The van der Waals surface area contributed by atoms with E-state index < -0.39 is 0 Å². The van der Waals surface area contributed by atoms with Gasteiger partial charge in [0.2, 0.25) is 0 Å². The van der Waals surface area contributed by atoms with E-state index in [1.807, 2.05) is 0 Å². The monoisotopic (exact) mass is 128 g/mol. The van der Waals surface area contributed by atoms with Gasteiger partial charge in [0.05, 0.1) is 0 Å². The standard InChI is InChI=1S/C7H16N2/c8-4-7(5-9)3-6-1-2-6/h6-7H,1-5,8-9H2. The van der Waals surface area contributed by atoms with E-state index in [4.69, 9.17) is 11.5 Å². The smallest absolute Gasteiger partial charge is 0.00367 e. The van der Waals surface area contributed by atoms with Crippen LogP contribution in [0.4, 0.5) is 0 Å². The Balaban J connectivity index is 2.05. The van der Waals surface area contributed by atoms with Crippen molar-refractivity contribution in [1.82, 2.24) is 0 Å². The Kier molecular flexibility index (Phi) is 2.49. The molecule has 2 heteroatoms. The molecule has 0 amide bonds. The first kappa shape index (κ1) is 7.03. The molecule has 0 saturated heterocycles. The van der Waals surface area contributed by atoms with Gasteiger partial charge in [0.25, 0.3) is 0 Å². The van der Waals surface area contributed by atoms with Crippen LogP contribution in [0.25, 0.3) is 0 Å². The zero-order valence-electron chi connectivity index (χ0n) is 5.84. The van der Waals surface area contributed by atoms with Gasteiger partial charge in [0, 0.05) is 0 Å². The Morgan fingerprint density at radius 1 is 1.22 bits per heavy atom. The third kappa shape index (κ3) is 2.33. The third-order valence-electron chi connectivity index (χ3n) is 2.03. The van der Waals surface area contributed by atoms with Crippen molar-refractivity contribution in [2.45, 2.75) is 19.3 Å². The Labute approximate surface area is 56.6 Å². The molecule has 1 rings (SSSR count). The molecular weight excluding hydrogens is 112 g/mol. The fourth-order valence-electron chi connectivity index (χ4n) is 1.11. The molecule has 1 aliphatic carbocycles. The van der Waals surface area contributed by atoms with Crippen LogP contribution in [0.15, 0.2) is 0 Å². The highest BCUT2D eigenvalue weighted by Crippen LogP contribution is 2.34. The van der Waals surface area contributed by atoms with Crippen molar-refractivity contribution in [3.8, 4) is 0 Å². The van der Waals surface area contributed by atoms with Gasteiger partial charge in [-0.25, -0.2) is 0 Å². The quantitative estimate of drug-likeness (QED) is 0.573. The molecule has 0 aromatic heterocycles. The highest BCUT2D eigenvalue weighted by molar-refractivity contribution is 4.77. The molecule has 0 radical (unpaired) electrons. The lowest BCUT2D eigenvalue weighted by atomic mass is 10.0. The predicted octanol–water partition coefficient (Wildman–Crippen LogP) is 0.320. The molecule has 0 spiro atoms. The minimum Gasteiger partial charge on any atom is -0.330 e. The fourth-order valence-corrected chi connectivity index (χ4v) is 1.11. The molecule has 54 valence electrons. The van der Waals surface area contributed by atoms with Crippen LogP contribution in [0.5, 0.6) is 0 Å². The normalized spacial score (nSPS) is 19.0. The predicted molar refractivity (Wildman–Crippen MR) is 38.9 cm³/mol. The summed E-state index contributed by atoms with van der Waals surface area (Å²) in [6, 6.07) is 0. The first-order chi connectivity index (χ1) is 4.36. The molecule has 0 bridgehead atoms. The van der Waals surface area contributed by atoms with Crippen molar-refractivity contribution in [1.29, 1.82) is 0 Å². The van der Waals surface area contributed by atoms with E-state index in [1.54, 1.807) is 0 Å². The van der Waals surface area contributed by atoms with Crippen LogP contribution in [0.3, 0.4) is 0 Å². The Morgan fingerprint density at radius 3 is 2.11 bits per heavy atom. The molecule has 0 atom stereocenters. The van der Waals surface area contributed by atoms with Crippen LogP contribution < -0.4 is 11.5 Å². The van der Waals surface area contributed by atoms with E-state index >= 15 is 0 Å². The zero-order valence-corrected chi connectivity index (χ0v) is 5.84. The summed E-state index contributed by atoms with van der Waals surface area (Å²) in [5.41, 5.74) is 11.0. The lowest BCUT2D eigenvalue weighted by Crippen LogP contribution is -2.23. The largest absolute Gasteiger partial charge is 0.330 e. The second-order valence-electron chi connectivity index (χ2n) is 3.02. The van der Waals surface area contributed by atoms with Crippen LogP contribution in [0, 0.1) is 11.8 Å². The average molecular weight is 128 g/mol. The maximum Gasteiger partial charge on any atom is -0.00367 e. The molecule has 2 nitrogen and oxygen atoms in total. The van der Waals surface area contributed by atoms with Crippen LogP contribution in [-0.4, -0.2) is 13.1 Å². The number of hydrogen-bond acceptors (Lipinski definition) is 2.